The fraction of sp³-hybridized carbons (Fsp3) is 0.167. The highest BCUT2D eigenvalue weighted by molar-refractivity contribution is 5.82. The third kappa shape index (κ3) is 3.00. The molecule has 1 aromatic heterocycles. The molecule has 1 heteroatoms. The molecule has 0 radical (unpaired) electrons. The Bertz CT molecular complexity index is 659. The number of hydrogen-bond donors (Lipinski definition) is 0. The Hall–Kier alpha value is -2.15. The van der Waals surface area contributed by atoms with Gasteiger partial charge in [0.15, 0.2) is 0 Å². The summed E-state index contributed by atoms with van der Waals surface area (Å²) in [4.78, 5) is 4.15. The summed E-state index contributed by atoms with van der Waals surface area (Å²) in [5.74, 6) is 0. The Kier molecular flexibility index (Phi) is 3.55. The van der Waals surface area contributed by atoms with Crippen LogP contribution in [0.1, 0.15) is 17.5 Å². The van der Waals surface area contributed by atoms with Crippen molar-refractivity contribution in [2.24, 2.45) is 0 Å². The minimum absolute atomic E-state index is 1.10. The third-order valence-corrected chi connectivity index (χ3v) is 3.47. The average molecular weight is 247 g/mol. The maximum absolute atomic E-state index is 4.15. The van der Waals surface area contributed by atoms with Gasteiger partial charge in [0, 0.05) is 12.4 Å². The first-order valence-electron chi connectivity index (χ1n) is 6.78. The molecule has 0 aliphatic carbocycles. The van der Waals surface area contributed by atoms with Gasteiger partial charge in [-0.05, 0) is 47.2 Å². The molecule has 0 atom stereocenters. The molecule has 0 N–H and O–H groups in total. The Balaban J connectivity index is 1.65. The van der Waals surface area contributed by atoms with Gasteiger partial charge < -0.3 is 0 Å². The van der Waals surface area contributed by atoms with Gasteiger partial charge in [-0.3, -0.25) is 4.98 Å². The minimum Gasteiger partial charge on any atom is -0.264 e. The maximum Gasteiger partial charge on any atom is 0.0299 e. The number of pyridine rings is 1. The standard InChI is InChI=1S/C18H17N/c1-2-9-18-13-15(10-11-17(18)8-1)5-3-6-16-7-4-12-19-14-16/h1-2,4,7-14H,3,5-6H2. The molecule has 3 aromatic rings. The first-order chi connectivity index (χ1) is 9.42. The second-order valence-electron chi connectivity index (χ2n) is 4.90. The van der Waals surface area contributed by atoms with Crippen LogP contribution in [0, 0.1) is 0 Å². The van der Waals surface area contributed by atoms with E-state index in [0.717, 1.165) is 12.8 Å². The summed E-state index contributed by atoms with van der Waals surface area (Å²) in [6.07, 6.45) is 7.18. The first-order valence-corrected chi connectivity index (χ1v) is 6.78. The summed E-state index contributed by atoms with van der Waals surface area (Å²) in [6.45, 7) is 0. The zero-order valence-corrected chi connectivity index (χ0v) is 10.9. The molecule has 0 fully saturated rings. The molecule has 0 bridgehead atoms. The van der Waals surface area contributed by atoms with Crippen LogP contribution in [0.5, 0.6) is 0 Å². The largest absolute Gasteiger partial charge is 0.264 e. The molecule has 0 aliphatic heterocycles. The maximum atomic E-state index is 4.15. The molecule has 1 nitrogen and oxygen atoms in total. The average Bonchev–Trinajstić information content (AvgIpc) is 2.48. The molecule has 0 spiro atoms. The lowest BCUT2D eigenvalue weighted by molar-refractivity contribution is 0.818. The summed E-state index contributed by atoms with van der Waals surface area (Å²) in [7, 11) is 0. The summed E-state index contributed by atoms with van der Waals surface area (Å²) in [6, 6.07) is 19.4. The number of hydrogen-bond acceptors (Lipinski definition) is 1. The summed E-state index contributed by atoms with van der Waals surface area (Å²) in [5, 5.41) is 2.65. The topological polar surface area (TPSA) is 12.9 Å². The first kappa shape index (κ1) is 11.9. The highest BCUT2D eigenvalue weighted by atomic mass is 14.6. The van der Waals surface area contributed by atoms with Crippen LogP contribution in [-0.4, -0.2) is 4.98 Å². The third-order valence-electron chi connectivity index (χ3n) is 3.47. The van der Waals surface area contributed by atoms with Crippen molar-refractivity contribution in [3.05, 3.63) is 78.1 Å². The quantitative estimate of drug-likeness (QED) is 0.665. The zero-order chi connectivity index (χ0) is 12.9. The number of rotatable bonds is 4. The summed E-state index contributed by atoms with van der Waals surface area (Å²) >= 11 is 0. The predicted molar refractivity (Wildman–Crippen MR) is 80.2 cm³/mol. The molecule has 1 heterocycles. The van der Waals surface area contributed by atoms with Crippen molar-refractivity contribution in [1.29, 1.82) is 0 Å². The molecule has 0 saturated carbocycles. The zero-order valence-electron chi connectivity index (χ0n) is 10.9. The molecule has 3 rings (SSSR count). The lowest BCUT2D eigenvalue weighted by Crippen LogP contribution is -1.90. The van der Waals surface area contributed by atoms with E-state index in [2.05, 4.69) is 53.5 Å². The Morgan fingerprint density at radius 1 is 0.737 bits per heavy atom. The fourth-order valence-electron chi connectivity index (χ4n) is 2.44. The molecular weight excluding hydrogens is 230 g/mol. The van der Waals surface area contributed by atoms with Crippen LogP contribution < -0.4 is 0 Å². The Labute approximate surface area is 113 Å². The van der Waals surface area contributed by atoms with E-state index in [1.165, 1.54) is 28.3 Å². The fourth-order valence-corrected chi connectivity index (χ4v) is 2.44. The van der Waals surface area contributed by atoms with Crippen molar-refractivity contribution >= 4 is 10.8 Å². The van der Waals surface area contributed by atoms with E-state index in [9.17, 15) is 0 Å². The number of benzene rings is 2. The van der Waals surface area contributed by atoms with E-state index < -0.39 is 0 Å². The number of fused-ring (bicyclic) bond motifs is 1. The van der Waals surface area contributed by atoms with Crippen LogP contribution in [0.3, 0.4) is 0 Å². The van der Waals surface area contributed by atoms with E-state index in [0.29, 0.717) is 0 Å². The highest BCUT2D eigenvalue weighted by Crippen LogP contribution is 2.17. The van der Waals surface area contributed by atoms with Crippen molar-refractivity contribution in [1.82, 2.24) is 4.98 Å². The van der Waals surface area contributed by atoms with Gasteiger partial charge in [0.05, 0.1) is 0 Å². The van der Waals surface area contributed by atoms with Crippen LogP contribution in [0.25, 0.3) is 10.8 Å². The Morgan fingerprint density at radius 3 is 2.42 bits per heavy atom. The van der Waals surface area contributed by atoms with E-state index in [-0.39, 0.29) is 0 Å². The molecule has 0 saturated heterocycles. The number of nitrogens with zero attached hydrogens (tertiary/aromatic N) is 1. The number of aryl methyl sites for hydroxylation is 2. The van der Waals surface area contributed by atoms with Crippen molar-refractivity contribution in [2.45, 2.75) is 19.3 Å². The van der Waals surface area contributed by atoms with Gasteiger partial charge in [-0.15, -0.1) is 0 Å². The van der Waals surface area contributed by atoms with Crippen molar-refractivity contribution < 1.29 is 0 Å². The van der Waals surface area contributed by atoms with Gasteiger partial charge in [-0.25, -0.2) is 0 Å². The van der Waals surface area contributed by atoms with Crippen molar-refractivity contribution in [3.8, 4) is 0 Å². The van der Waals surface area contributed by atoms with Gasteiger partial charge in [0.2, 0.25) is 0 Å². The lowest BCUT2D eigenvalue weighted by Gasteiger charge is -2.04. The minimum atomic E-state index is 1.10. The number of aromatic nitrogens is 1. The van der Waals surface area contributed by atoms with Gasteiger partial charge in [-0.1, -0.05) is 48.5 Å². The SMILES string of the molecule is c1cncc(CCCc2ccc3ccccc3c2)c1. The second-order valence-corrected chi connectivity index (χ2v) is 4.90. The van der Waals surface area contributed by atoms with Gasteiger partial charge >= 0.3 is 0 Å². The van der Waals surface area contributed by atoms with Crippen LogP contribution in [0.2, 0.25) is 0 Å². The van der Waals surface area contributed by atoms with Gasteiger partial charge in [-0.2, -0.15) is 0 Å². The highest BCUT2D eigenvalue weighted by Gasteiger charge is 1.98. The van der Waals surface area contributed by atoms with Crippen molar-refractivity contribution in [3.63, 3.8) is 0 Å². The predicted octanol–water partition coefficient (Wildman–Crippen LogP) is 4.41. The van der Waals surface area contributed by atoms with Crippen LogP contribution in [0.15, 0.2) is 67.0 Å². The van der Waals surface area contributed by atoms with Gasteiger partial charge in [0.1, 0.15) is 0 Å². The summed E-state index contributed by atoms with van der Waals surface area (Å²) in [5.41, 5.74) is 2.74. The molecule has 0 unspecified atom stereocenters. The molecule has 2 aromatic carbocycles. The van der Waals surface area contributed by atoms with Gasteiger partial charge in [0.25, 0.3) is 0 Å². The normalized spacial score (nSPS) is 10.7. The smallest absolute Gasteiger partial charge is 0.0299 e. The van der Waals surface area contributed by atoms with E-state index >= 15 is 0 Å². The molecule has 19 heavy (non-hydrogen) atoms. The molecule has 0 aliphatic rings. The molecule has 94 valence electrons. The summed E-state index contributed by atoms with van der Waals surface area (Å²) < 4.78 is 0. The van der Waals surface area contributed by atoms with Crippen molar-refractivity contribution in [2.75, 3.05) is 0 Å². The molecular formula is C18H17N. The van der Waals surface area contributed by atoms with E-state index in [4.69, 9.17) is 0 Å². The van der Waals surface area contributed by atoms with Crippen LogP contribution in [0.4, 0.5) is 0 Å². The second kappa shape index (κ2) is 5.66. The monoisotopic (exact) mass is 247 g/mol. The van der Waals surface area contributed by atoms with Crippen LogP contribution >= 0.6 is 0 Å². The van der Waals surface area contributed by atoms with Crippen LogP contribution in [-0.2, 0) is 12.8 Å². The molecule has 0 amide bonds. The lowest BCUT2D eigenvalue weighted by atomic mass is 10.0. The van der Waals surface area contributed by atoms with E-state index in [1.807, 2.05) is 18.5 Å². The van der Waals surface area contributed by atoms with E-state index in [1.54, 1.807) is 0 Å². The Morgan fingerprint density at radius 2 is 1.58 bits per heavy atom.